The largest absolute Gasteiger partial charge is 0.480 e. The molecule has 1 aliphatic rings. The summed E-state index contributed by atoms with van der Waals surface area (Å²) in [7, 11) is 1.65. The van der Waals surface area contributed by atoms with Crippen molar-refractivity contribution >= 4 is 17.9 Å². The van der Waals surface area contributed by atoms with Gasteiger partial charge in [-0.3, -0.25) is 4.79 Å². The number of carbonyl (C=O) groups is 3. The number of carboxylic acid groups (broad SMARTS) is 1. The molecule has 1 fully saturated rings. The fourth-order valence-electron chi connectivity index (χ4n) is 2.12. The van der Waals surface area contributed by atoms with E-state index in [1.54, 1.807) is 7.05 Å². The monoisotopic (exact) mass is 271 g/mol. The Morgan fingerprint density at radius 3 is 2.58 bits per heavy atom. The minimum absolute atomic E-state index is 0.0720. The maximum absolute atomic E-state index is 11.9. The molecule has 3 amide bonds. The van der Waals surface area contributed by atoms with E-state index in [4.69, 9.17) is 5.11 Å². The molecule has 19 heavy (non-hydrogen) atoms. The molecule has 0 spiro atoms. The van der Waals surface area contributed by atoms with Gasteiger partial charge in [-0.1, -0.05) is 6.92 Å². The minimum atomic E-state index is -1.00. The highest BCUT2D eigenvalue weighted by atomic mass is 16.4. The molecule has 0 radical (unpaired) electrons. The molecule has 2 N–H and O–H groups in total. The van der Waals surface area contributed by atoms with Crippen LogP contribution in [0.25, 0.3) is 0 Å². The topological polar surface area (TPSA) is 90.0 Å². The molecule has 0 aromatic heterocycles. The summed E-state index contributed by atoms with van der Waals surface area (Å²) >= 11 is 0. The zero-order valence-corrected chi connectivity index (χ0v) is 11.5. The van der Waals surface area contributed by atoms with Crippen LogP contribution in [-0.4, -0.2) is 65.5 Å². The average molecular weight is 271 g/mol. The van der Waals surface area contributed by atoms with Crippen LogP contribution in [0.4, 0.5) is 4.79 Å². The molecule has 108 valence electrons. The number of urea groups is 1. The first kappa shape index (κ1) is 15.3. The Morgan fingerprint density at radius 1 is 1.42 bits per heavy atom. The predicted molar refractivity (Wildman–Crippen MR) is 68.6 cm³/mol. The summed E-state index contributed by atoms with van der Waals surface area (Å²) in [5, 5.41) is 11.6. The highest BCUT2D eigenvalue weighted by molar-refractivity contribution is 5.87. The van der Waals surface area contributed by atoms with Gasteiger partial charge in [-0.2, -0.15) is 0 Å². The maximum atomic E-state index is 11.9. The van der Waals surface area contributed by atoms with Crippen LogP contribution in [0.1, 0.15) is 20.3 Å². The van der Waals surface area contributed by atoms with Gasteiger partial charge in [0.25, 0.3) is 0 Å². The standard InChI is InChI=1S/C12H21N3O4/c1-4-14(3)9(16)7-13-12(19)15-6-5-8(2)10(15)11(17)18/h8,10H,4-7H2,1-3H3,(H,13,19)(H,17,18). The van der Waals surface area contributed by atoms with E-state index in [0.717, 1.165) is 0 Å². The van der Waals surface area contributed by atoms with Crippen molar-refractivity contribution in [1.82, 2.24) is 15.1 Å². The van der Waals surface area contributed by atoms with Crippen molar-refractivity contribution in [3.63, 3.8) is 0 Å². The molecule has 0 bridgehead atoms. The first-order valence-electron chi connectivity index (χ1n) is 6.39. The second-order valence-corrected chi connectivity index (χ2v) is 4.81. The maximum Gasteiger partial charge on any atom is 0.326 e. The Labute approximate surface area is 112 Å². The van der Waals surface area contributed by atoms with Crippen molar-refractivity contribution in [3.8, 4) is 0 Å². The van der Waals surface area contributed by atoms with Crippen molar-refractivity contribution in [2.24, 2.45) is 5.92 Å². The number of nitrogens with one attached hydrogen (secondary N) is 1. The summed E-state index contributed by atoms with van der Waals surface area (Å²) in [5.41, 5.74) is 0. The molecule has 1 aliphatic heterocycles. The van der Waals surface area contributed by atoms with Gasteiger partial charge in [0, 0.05) is 20.1 Å². The molecule has 2 unspecified atom stereocenters. The van der Waals surface area contributed by atoms with Crippen molar-refractivity contribution in [1.29, 1.82) is 0 Å². The van der Waals surface area contributed by atoms with Crippen LogP contribution in [0.5, 0.6) is 0 Å². The first-order chi connectivity index (χ1) is 8.88. The summed E-state index contributed by atoms with van der Waals surface area (Å²) in [5.74, 6) is -1.27. The van der Waals surface area contributed by atoms with Gasteiger partial charge in [-0.25, -0.2) is 9.59 Å². The number of amides is 3. The fraction of sp³-hybridized carbons (Fsp3) is 0.750. The highest BCUT2D eigenvalue weighted by Crippen LogP contribution is 2.23. The number of rotatable bonds is 4. The molecule has 0 aromatic rings. The van der Waals surface area contributed by atoms with Gasteiger partial charge in [0.15, 0.2) is 0 Å². The Balaban J connectivity index is 2.54. The van der Waals surface area contributed by atoms with E-state index in [9.17, 15) is 14.4 Å². The van der Waals surface area contributed by atoms with E-state index < -0.39 is 18.0 Å². The Bertz CT molecular complexity index is 372. The lowest BCUT2D eigenvalue weighted by Gasteiger charge is -2.24. The molecule has 0 aromatic carbocycles. The van der Waals surface area contributed by atoms with Gasteiger partial charge in [0.05, 0.1) is 6.54 Å². The normalized spacial score (nSPS) is 22.2. The fourth-order valence-corrected chi connectivity index (χ4v) is 2.12. The number of hydrogen-bond acceptors (Lipinski definition) is 3. The quantitative estimate of drug-likeness (QED) is 0.751. The van der Waals surface area contributed by atoms with Crippen molar-refractivity contribution in [2.75, 3.05) is 26.7 Å². The SMILES string of the molecule is CCN(C)C(=O)CNC(=O)N1CCC(C)C1C(=O)O. The van der Waals surface area contributed by atoms with Crippen LogP contribution < -0.4 is 5.32 Å². The van der Waals surface area contributed by atoms with Gasteiger partial charge in [-0.15, -0.1) is 0 Å². The third kappa shape index (κ3) is 3.59. The number of likely N-dealkylation sites (N-methyl/N-ethyl adjacent to an activating group) is 1. The second-order valence-electron chi connectivity index (χ2n) is 4.81. The molecule has 2 atom stereocenters. The Morgan fingerprint density at radius 2 is 2.05 bits per heavy atom. The number of aliphatic carboxylic acids is 1. The molecule has 1 rings (SSSR count). The zero-order chi connectivity index (χ0) is 14.6. The lowest BCUT2D eigenvalue weighted by Crippen LogP contribution is -2.49. The van der Waals surface area contributed by atoms with Crippen LogP contribution in [0.15, 0.2) is 0 Å². The van der Waals surface area contributed by atoms with Gasteiger partial charge in [0.2, 0.25) is 5.91 Å². The van der Waals surface area contributed by atoms with E-state index in [2.05, 4.69) is 5.32 Å². The number of hydrogen-bond donors (Lipinski definition) is 2. The van der Waals surface area contributed by atoms with Gasteiger partial charge < -0.3 is 20.2 Å². The van der Waals surface area contributed by atoms with Crippen molar-refractivity contribution < 1.29 is 19.5 Å². The second kappa shape index (κ2) is 6.40. The number of likely N-dealkylation sites (tertiary alicyclic amines) is 1. The van der Waals surface area contributed by atoms with Crippen molar-refractivity contribution in [2.45, 2.75) is 26.3 Å². The molecule has 1 heterocycles. The lowest BCUT2D eigenvalue weighted by molar-refractivity contribution is -0.142. The lowest BCUT2D eigenvalue weighted by atomic mass is 10.0. The zero-order valence-electron chi connectivity index (χ0n) is 11.5. The summed E-state index contributed by atoms with van der Waals surface area (Å²) in [6.45, 7) is 4.50. The van der Waals surface area contributed by atoms with E-state index >= 15 is 0 Å². The van der Waals surface area contributed by atoms with Crippen LogP contribution in [0, 0.1) is 5.92 Å². The Hall–Kier alpha value is -1.79. The molecule has 0 saturated carbocycles. The van der Waals surface area contributed by atoms with E-state index in [1.165, 1.54) is 9.80 Å². The third-order valence-corrected chi connectivity index (χ3v) is 3.50. The molecule has 7 nitrogen and oxygen atoms in total. The van der Waals surface area contributed by atoms with Crippen molar-refractivity contribution in [3.05, 3.63) is 0 Å². The van der Waals surface area contributed by atoms with Crippen LogP contribution in [-0.2, 0) is 9.59 Å². The smallest absolute Gasteiger partial charge is 0.326 e. The van der Waals surface area contributed by atoms with Crippen LogP contribution >= 0.6 is 0 Å². The molecule has 0 aliphatic carbocycles. The number of carbonyl (C=O) groups excluding carboxylic acids is 2. The molecule has 7 heteroatoms. The van der Waals surface area contributed by atoms with Gasteiger partial charge in [0.1, 0.15) is 6.04 Å². The van der Waals surface area contributed by atoms with E-state index in [-0.39, 0.29) is 18.4 Å². The van der Waals surface area contributed by atoms with Gasteiger partial charge >= 0.3 is 12.0 Å². The van der Waals surface area contributed by atoms with Gasteiger partial charge in [-0.05, 0) is 19.3 Å². The predicted octanol–water partition coefficient (Wildman–Crippen LogP) is -0.0307. The first-order valence-corrected chi connectivity index (χ1v) is 6.39. The third-order valence-electron chi connectivity index (χ3n) is 3.50. The summed E-state index contributed by atoms with van der Waals surface area (Å²) in [4.78, 5) is 37.3. The van der Waals surface area contributed by atoms with Crippen LogP contribution in [0.3, 0.4) is 0 Å². The minimum Gasteiger partial charge on any atom is -0.480 e. The summed E-state index contributed by atoms with van der Waals surface area (Å²) < 4.78 is 0. The van der Waals surface area contributed by atoms with E-state index in [0.29, 0.717) is 19.5 Å². The van der Waals surface area contributed by atoms with E-state index in [1.807, 2.05) is 13.8 Å². The molecule has 1 saturated heterocycles. The van der Waals surface area contributed by atoms with Crippen LogP contribution in [0.2, 0.25) is 0 Å². The number of nitrogens with zero attached hydrogens (tertiary/aromatic N) is 2. The molecular formula is C12H21N3O4. The highest BCUT2D eigenvalue weighted by Gasteiger charge is 2.39. The number of carboxylic acids is 1. The molecular weight excluding hydrogens is 250 g/mol. The average Bonchev–Trinajstić information content (AvgIpc) is 2.76. The Kier molecular flexibility index (Phi) is 5.14. The summed E-state index contributed by atoms with van der Waals surface area (Å²) in [6.07, 6.45) is 0.660. The summed E-state index contributed by atoms with van der Waals surface area (Å²) in [6, 6.07) is -1.30.